The standard InChI is InChI=1S/C8H6O3.C6H12/c9-7(8(10)11)6-4-2-1-3-5-6;1-3-5-6-4-2/h1-5H,(H,10,11);5-6H,3-4H2,1-2H3. The van der Waals surface area contributed by atoms with Crippen LogP contribution < -0.4 is 0 Å². The van der Waals surface area contributed by atoms with Crippen molar-refractivity contribution in [2.24, 2.45) is 0 Å². The Balaban J connectivity index is 0.000000366. The molecule has 0 aliphatic rings. The molecule has 0 heterocycles. The van der Waals surface area contributed by atoms with Gasteiger partial charge in [-0.3, -0.25) is 4.79 Å². The van der Waals surface area contributed by atoms with Gasteiger partial charge in [0.25, 0.3) is 5.78 Å². The van der Waals surface area contributed by atoms with Crippen LogP contribution in [-0.4, -0.2) is 16.9 Å². The fraction of sp³-hybridized carbons (Fsp3) is 0.286. The molecule has 0 saturated heterocycles. The zero-order valence-electron chi connectivity index (χ0n) is 10.2. The molecule has 1 N–H and O–H groups in total. The lowest BCUT2D eigenvalue weighted by atomic mass is 10.1. The van der Waals surface area contributed by atoms with Gasteiger partial charge in [-0.1, -0.05) is 56.3 Å². The molecule has 0 aromatic heterocycles. The number of Topliss-reactive ketones (excluding diaryl/α,β-unsaturated/α-hetero) is 1. The predicted octanol–water partition coefficient (Wildman–Crippen LogP) is 3.32. The van der Waals surface area contributed by atoms with E-state index in [0.717, 1.165) is 0 Å². The van der Waals surface area contributed by atoms with Crippen molar-refractivity contribution in [3.05, 3.63) is 48.0 Å². The quantitative estimate of drug-likeness (QED) is 0.494. The van der Waals surface area contributed by atoms with Gasteiger partial charge in [0.2, 0.25) is 0 Å². The fourth-order valence-corrected chi connectivity index (χ4v) is 1.05. The summed E-state index contributed by atoms with van der Waals surface area (Å²) in [6.07, 6.45) is 6.71. The van der Waals surface area contributed by atoms with Crippen molar-refractivity contribution < 1.29 is 14.7 Å². The van der Waals surface area contributed by atoms with Crippen molar-refractivity contribution in [3.63, 3.8) is 0 Å². The van der Waals surface area contributed by atoms with Crippen LogP contribution in [0.25, 0.3) is 0 Å². The lowest BCUT2D eigenvalue weighted by Crippen LogP contribution is -2.12. The molecule has 1 rings (SSSR count). The van der Waals surface area contributed by atoms with Crippen LogP contribution in [0.15, 0.2) is 42.5 Å². The zero-order chi connectivity index (χ0) is 13.1. The SMILES string of the molecule is CCC=CCC.O=C(O)C(=O)c1ccccc1. The Morgan fingerprint density at radius 3 is 1.88 bits per heavy atom. The van der Waals surface area contributed by atoms with Crippen molar-refractivity contribution in [1.82, 2.24) is 0 Å². The molecular formula is C14H18O3. The number of aliphatic carboxylic acids is 1. The van der Waals surface area contributed by atoms with Gasteiger partial charge in [0, 0.05) is 5.56 Å². The number of carbonyl (C=O) groups is 2. The smallest absolute Gasteiger partial charge is 0.377 e. The molecule has 0 amide bonds. The topological polar surface area (TPSA) is 54.4 Å². The van der Waals surface area contributed by atoms with E-state index in [0.29, 0.717) is 0 Å². The van der Waals surface area contributed by atoms with Crippen LogP contribution >= 0.6 is 0 Å². The van der Waals surface area contributed by atoms with Crippen LogP contribution in [0.2, 0.25) is 0 Å². The number of hydrogen-bond acceptors (Lipinski definition) is 2. The molecule has 0 atom stereocenters. The molecule has 0 unspecified atom stereocenters. The minimum Gasteiger partial charge on any atom is -0.475 e. The second-order valence-electron chi connectivity index (χ2n) is 3.29. The first kappa shape index (κ1) is 15.1. The van der Waals surface area contributed by atoms with Gasteiger partial charge < -0.3 is 5.11 Å². The number of carboxylic acids is 1. The number of ketones is 1. The van der Waals surface area contributed by atoms with Gasteiger partial charge in [0.15, 0.2) is 0 Å². The van der Waals surface area contributed by atoms with Crippen LogP contribution in [0.4, 0.5) is 0 Å². The first-order valence-corrected chi connectivity index (χ1v) is 5.61. The molecule has 0 radical (unpaired) electrons. The van der Waals surface area contributed by atoms with E-state index < -0.39 is 11.8 Å². The van der Waals surface area contributed by atoms with Crippen LogP contribution in [0, 0.1) is 0 Å². The van der Waals surface area contributed by atoms with Gasteiger partial charge in [0.1, 0.15) is 0 Å². The third-order valence-corrected chi connectivity index (χ3v) is 1.87. The van der Waals surface area contributed by atoms with Crippen molar-refractivity contribution in [2.75, 3.05) is 0 Å². The maximum atomic E-state index is 10.7. The van der Waals surface area contributed by atoms with Crippen molar-refractivity contribution in [3.8, 4) is 0 Å². The lowest BCUT2D eigenvalue weighted by molar-refractivity contribution is -0.131. The van der Waals surface area contributed by atoms with Crippen LogP contribution in [0.1, 0.15) is 37.0 Å². The van der Waals surface area contributed by atoms with Crippen LogP contribution in [0.3, 0.4) is 0 Å². The molecule has 3 nitrogen and oxygen atoms in total. The highest BCUT2D eigenvalue weighted by molar-refractivity contribution is 6.39. The van der Waals surface area contributed by atoms with Gasteiger partial charge in [-0.15, -0.1) is 0 Å². The zero-order valence-corrected chi connectivity index (χ0v) is 10.2. The van der Waals surface area contributed by atoms with E-state index in [2.05, 4.69) is 26.0 Å². The van der Waals surface area contributed by atoms with Gasteiger partial charge in [-0.05, 0) is 12.8 Å². The molecule has 17 heavy (non-hydrogen) atoms. The number of rotatable bonds is 4. The molecule has 3 heteroatoms. The normalized spacial score (nSPS) is 9.53. The summed E-state index contributed by atoms with van der Waals surface area (Å²) in [5.41, 5.74) is 0.208. The van der Waals surface area contributed by atoms with Crippen molar-refractivity contribution in [2.45, 2.75) is 26.7 Å². The van der Waals surface area contributed by atoms with E-state index in [1.165, 1.54) is 25.0 Å². The fourth-order valence-electron chi connectivity index (χ4n) is 1.05. The first-order chi connectivity index (χ1) is 8.13. The van der Waals surface area contributed by atoms with E-state index in [1.807, 2.05) is 0 Å². The summed E-state index contributed by atoms with van der Waals surface area (Å²) in [5, 5.41) is 8.29. The lowest BCUT2D eigenvalue weighted by Gasteiger charge is -1.91. The van der Waals surface area contributed by atoms with E-state index >= 15 is 0 Å². The summed E-state index contributed by atoms with van der Waals surface area (Å²) >= 11 is 0. The van der Waals surface area contributed by atoms with Crippen molar-refractivity contribution >= 4 is 11.8 Å². The summed E-state index contributed by atoms with van der Waals surface area (Å²) in [7, 11) is 0. The molecule has 0 fully saturated rings. The van der Waals surface area contributed by atoms with E-state index in [9.17, 15) is 9.59 Å². The number of carbonyl (C=O) groups excluding carboxylic acids is 1. The summed E-state index contributed by atoms with van der Waals surface area (Å²) in [6.45, 7) is 4.29. The highest BCUT2D eigenvalue weighted by Crippen LogP contribution is 1.98. The molecule has 1 aromatic rings. The molecule has 0 saturated carbocycles. The van der Waals surface area contributed by atoms with E-state index in [-0.39, 0.29) is 5.56 Å². The highest BCUT2D eigenvalue weighted by Gasteiger charge is 2.12. The Kier molecular flexibility index (Phi) is 8.29. The minimum absolute atomic E-state index is 0.208. The average Bonchev–Trinajstić information content (AvgIpc) is 2.37. The first-order valence-electron chi connectivity index (χ1n) is 5.61. The molecule has 92 valence electrons. The number of benzene rings is 1. The summed E-state index contributed by atoms with van der Waals surface area (Å²) in [5.74, 6) is -2.29. The second kappa shape index (κ2) is 9.33. The third-order valence-electron chi connectivity index (χ3n) is 1.87. The summed E-state index contributed by atoms with van der Waals surface area (Å²) in [6, 6.07) is 7.90. The largest absolute Gasteiger partial charge is 0.475 e. The maximum absolute atomic E-state index is 10.7. The Morgan fingerprint density at radius 1 is 1.06 bits per heavy atom. The van der Waals surface area contributed by atoms with Crippen molar-refractivity contribution in [1.29, 1.82) is 0 Å². The molecule has 1 aromatic carbocycles. The number of carboxylic acid groups (broad SMARTS) is 1. The van der Waals surface area contributed by atoms with Gasteiger partial charge >= 0.3 is 5.97 Å². The van der Waals surface area contributed by atoms with Gasteiger partial charge in [0.05, 0.1) is 0 Å². The summed E-state index contributed by atoms with van der Waals surface area (Å²) < 4.78 is 0. The number of hydrogen-bond donors (Lipinski definition) is 1. The Morgan fingerprint density at radius 2 is 1.53 bits per heavy atom. The highest BCUT2D eigenvalue weighted by atomic mass is 16.4. The second-order valence-corrected chi connectivity index (χ2v) is 3.29. The third kappa shape index (κ3) is 7.06. The minimum atomic E-state index is -1.42. The maximum Gasteiger partial charge on any atom is 0.377 e. The van der Waals surface area contributed by atoms with Crippen LogP contribution in [-0.2, 0) is 4.79 Å². The molecule has 0 bridgehead atoms. The summed E-state index contributed by atoms with van der Waals surface area (Å²) in [4.78, 5) is 20.9. The average molecular weight is 234 g/mol. The monoisotopic (exact) mass is 234 g/mol. The molecule has 0 spiro atoms. The Labute approximate surface area is 102 Å². The predicted molar refractivity (Wildman–Crippen MR) is 68.1 cm³/mol. The van der Waals surface area contributed by atoms with E-state index in [1.54, 1.807) is 18.2 Å². The van der Waals surface area contributed by atoms with Crippen LogP contribution in [0.5, 0.6) is 0 Å². The molecular weight excluding hydrogens is 216 g/mol. The number of allylic oxidation sites excluding steroid dienone is 2. The van der Waals surface area contributed by atoms with Gasteiger partial charge in [-0.2, -0.15) is 0 Å². The Hall–Kier alpha value is -1.90. The Bertz CT molecular complexity index is 360. The van der Waals surface area contributed by atoms with Gasteiger partial charge in [-0.25, -0.2) is 4.79 Å². The molecule has 0 aliphatic heterocycles. The van der Waals surface area contributed by atoms with E-state index in [4.69, 9.17) is 5.11 Å². The molecule has 0 aliphatic carbocycles.